The van der Waals surface area contributed by atoms with Gasteiger partial charge in [-0.3, -0.25) is 9.59 Å². The minimum absolute atomic E-state index is 0.176. The molecular weight excluding hydrogens is 528 g/mol. The Labute approximate surface area is 241 Å². The molecule has 4 saturated carbocycles. The van der Waals surface area contributed by atoms with E-state index in [1.807, 2.05) is 0 Å². The summed E-state index contributed by atoms with van der Waals surface area (Å²) in [6.07, 6.45) is 3.59. The van der Waals surface area contributed by atoms with Crippen molar-refractivity contribution in [3.8, 4) is 5.75 Å². The standard InChI is InChI=1S/C31H44N2O8/c1-28(2,3)40-26(37)33-23(12-19-7-9-22(10-8-19)39-27(38)41-29(4,5)6)24(34)32-18-30-13-20-11-21(14-30)16-31(15-20,17-30)25(35)36/h7-10,20-21,23H,11-18H2,1-6H3,(H,32,34)(H,33,37)(H,35,36)/t20-,21+,23-,30?,31?/m0/s1. The Morgan fingerprint density at radius 1 is 0.927 bits per heavy atom. The summed E-state index contributed by atoms with van der Waals surface area (Å²) in [5, 5.41) is 15.8. The van der Waals surface area contributed by atoms with Crippen LogP contribution in [-0.2, 0) is 25.5 Å². The highest BCUT2D eigenvalue weighted by atomic mass is 16.7. The summed E-state index contributed by atoms with van der Waals surface area (Å²) in [5.41, 5.74) is -1.62. The number of carbonyl (C=O) groups excluding carboxylic acids is 3. The van der Waals surface area contributed by atoms with Crippen LogP contribution in [0.1, 0.15) is 85.6 Å². The lowest BCUT2D eigenvalue weighted by molar-refractivity contribution is -0.174. The number of hydrogen-bond donors (Lipinski definition) is 3. The molecule has 0 radical (unpaired) electrons. The van der Waals surface area contributed by atoms with Crippen LogP contribution < -0.4 is 15.4 Å². The molecule has 1 aromatic rings. The van der Waals surface area contributed by atoms with E-state index in [4.69, 9.17) is 14.2 Å². The first-order valence-corrected chi connectivity index (χ1v) is 14.5. The van der Waals surface area contributed by atoms with Crippen molar-refractivity contribution in [3.05, 3.63) is 29.8 Å². The number of benzene rings is 1. The van der Waals surface area contributed by atoms with Gasteiger partial charge in [0.2, 0.25) is 5.91 Å². The van der Waals surface area contributed by atoms with Crippen LogP contribution in [0.3, 0.4) is 0 Å². The van der Waals surface area contributed by atoms with Crippen molar-refractivity contribution in [1.82, 2.24) is 10.6 Å². The van der Waals surface area contributed by atoms with Crippen LogP contribution in [0.4, 0.5) is 9.59 Å². The third-order valence-electron chi connectivity index (χ3n) is 8.23. The number of rotatable bonds is 8. The normalized spacial score (nSPS) is 27.5. The Bertz CT molecular complexity index is 1150. The number of carboxylic acids is 1. The molecule has 4 fully saturated rings. The van der Waals surface area contributed by atoms with E-state index in [9.17, 15) is 24.3 Å². The molecule has 41 heavy (non-hydrogen) atoms. The fourth-order valence-electron chi connectivity index (χ4n) is 7.26. The lowest BCUT2D eigenvalue weighted by Gasteiger charge is -2.60. The Morgan fingerprint density at radius 3 is 2.05 bits per heavy atom. The van der Waals surface area contributed by atoms with Crippen molar-refractivity contribution in [2.45, 2.75) is 104 Å². The largest absolute Gasteiger partial charge is 0.514 e. The maximum absolute atomic E-state index is 13.5. The van der Waals surface area contributed by atoms with Crippen molar-refractivity contribution < 1.29 is 38.5 Å². The topological polar surface area (TPSA) is 140 Å². The van der Waals surface area contributed by atoms with E-state index in [1.54, 1.807) is 65.8 Å². The van der Waals surface area contributed by atoms with E-state index in [1.165, 1.54) is 0 Å². The SMILES string of the molecule is CC(C)(C)OC(=O)N[C@@H](Cc1ccc(OC(=O)OC(C)(C)C)cc1)C(=O)NCC12C[C@H]3C[C@@H](C1)CC(C(=O)O)(C3)C2. The fourth-order valence-corrected chi connectivity index (χ4v) is 7.26. The second-order valence-electron chi connectivity index (χ2n) is 14.4. The van der Waals surface area contributed by atoms with E-state index in [-0.39, 0.29) is 17.7 Å². The summed E-state index contributed by atoms with van der Waals surface area (Å²) in [6.45, 7) is 10.8. The van der Waals surface area contributed by atoms with Crippen LogP contribution >= 0.6 is 0 Å². The number of alkyl carbamates (subject to hydrolysis) is 1. The van der Waals surface area contributed by atoms with Crippen LogP contribution in [0, 0.1) is 22.7 Å². The van der Waals surface area contributed by atoms with E-state index in [0.717, 1.165) is 37.7 Å². The second kappa shape index (κ2) is 11.2. The molecule has 5 atom stereocenters. The molecule has 4 aliphatic carbocycles. The molecule has 2 amide bonds. The maximum Gasteiger partial charge on any atom is 0.514 e. The smallest absolute Gasteiger partial charge is 0.481 e. The van der Waals surface area contributed by atoms with Gasteiger partial charge in [0.05, 0.1) is 5.41 Å². The molecule has 10 nitrogen and oxygen atoms in total. The van der Waals surface area contributed by atoms with E-state index >= 15 is 0 Å². The van der Waals surface area contributed by atoms with Gasteiger partial charge < -0.3 is 30.0 Å². The summed E-state index contributed by atoms with van der Waals surface area (Å²) >= 11 is 0. The highest BCUT2D eigenvalue weighted by Crippen LogP contribution is 2.65. The van der Waals surface area contributed by atoms with E-state index in [2.05, 4.69) is 10.6 Å². The molecule has 0 saturated heterocycles. The quantitative estimate of drug-likeness (QED) is 0.284. The second-order valence-corrected chi connectivity index (χ2v) is 14.4. The summed E-state index contributed by atoms with van der Waals surface area (Å²) in [6, 6.07) is 5.70. The van der Waals surface area contributed by atoms with Gasteiger partial charge in [0, 0.05) is 13.0 Å². The summed E-state index contributed by atoms with van der Waals surface area (Å²) in [7, 11) is 0. The average Bonchev–Trinajstić information content (AvgIpc) is 2.80. The molecule has 5 rings (SSSR count). The molecular formula is C31H44N2O8. The van der Waals surface area contributed by atoms with E-state index < -0.39 is 40.9 Å². The fraction of sp³-hybridized carbons (Fsp3) is 0.677. The van der Waals surface area contributed by atoms with Gasteiger partial charge in [-0.25, -0.2) is 9.59 Å². The molecule has 3 N–H and O–H groups in total. The Kier molecular flexibility index (Phi) is 8.35. The monoisotopic (exact) mass is 572 g/mol. The highest BCUT2D eigenvalue weighted by Gasteiger charge is 2.60. The molecule has 226 valence electrons. The van der Waals surface area contributed by atoms with Gasteiger partial charge >= 0.3 is 18.2 Å². The van der Waals surface area contributed by atoms with Gasteiger partial charge in [-0.2, -0.15) is 0 Å². The molecule has 4 bridgehead atoms. The molecule has 0 aromatic heterocycles. The minimum Gasteiger partial charge on any atom is -0.481 e. The van der Waals surface area contributed by atoms with Crippen LogP contribution in [-0.4, -0.2) is 53.0 Å². The number of amides is 2. The first-order chi connectivity index (χ1) is 18.9. The zero-order valence-electron chi connectivity index (χ0n) is 25.0. The van der Waals surface area contributed by atoms with Crippen molar-refractivity contribution in [1.29, 1.82) is 0 Å². The molecule has 0 spiro atoms. The number of aliphatic carboxylic acids is 1. The zero-order valence-corrected chi connectivity index (χ0v) is 25.0. The van der Waals surface area contributed by atoms with Crippen molar-refractivity contribution >= 4 is 24.1 Å². The Morgan fingerprint density at radius 2 is 1.51 bits per heavy atom. The molecule has 0 heterocycles. The highest BCUT2D eigenvalue weighted by molar-refractivity contribution is 5.86. The molecule has 10 heteroatoms. The van der Waals surface area contributed by atoms with Gasteiger partial charge in [0.1, 0.15) is 23.0 Å². The maximum atomic E-state index is 13.5. The molecule has 0 aliphatic heterocycles. The van der Waals surface area contributed by atoms with Gasteiger partial charge in [0.25, 0.3) is 0 Å². The number of carbonyl (C=O) groups is 4. The molecule has 1 aromatic carbocycles. The first kappa shape index (κ1) is 30.7. The number of nitrogens with one attached hydrogen (secondary N) is 2. The first-order valence-electron chi connectivity index (χ1n) is 14.5. The summed E-state index contributed by atoms with van der Waals surface area (Å²) < 4.78 is 15.8. The van der Waals surface area contributed by atoms with E-state index in [0.29, 0.717) is 30.6 Å². The van der Waals surface area contributed by atoms with Crippen LogP contribution in [0.25, 0.3) is 0 Å². The number of hydrogen-bond acceptors (Lipinski definition) is 7. The predicted octanol–water partition coefficient (Wildman–Crippen LogP) is 5.22. The number of carboxylic acid groups (broad SMARTS) is 1. The lowest BCUT2D eigenvalue weighted by Crippen LogP contribution is -2.59. The van der Waals surface area contributed by atoms with Gasteiger partial charge in [-0.1, -0.05) is 12.1 Å². The molecule has 4 aliphatic rings. The molecule has 2 unspecified atom stereocenters. The zero-order chi connectivity index (χ0) is 30.2. The third-order valence-corrected chi connectivity index (χ3v) is 8.23. The number of ether oxygens (including phenoxy) is 3. The van der Waals surface area contributed by atoms with Crippen LogP contribution in [0.2, 0.25) is 0 Å². The average molecular weight is 573 g/mol. The van der Waals surface area contributed by atoms with Crippen molar-refractivity contribution in [3.63, 3.8) is 0 Å². The third kappa shape index (κ3) is 7.92. The Hall–Kier alpha value is -3.30. The van der Waals surface area contributed by atoms with Crippen molar-refractivity contribution in [2.75, 3.05) is 6.54 Å². The van der Waals surface area contributed by atoms with Crippen molar-refractivity contribution in [2.24, 2.45) is 22.7 Å². The van der Waals surface area contributed by atoms with Gasteiger partial charge in [0.15, 0.2) is 0 Å². The van der Waals surface area contributed by atoms with Gasteiger partial charge in [-0.05, 0) is 115 Å². The minimum atomic E-state index is -0.926. The summed E-state index contributed by atoms with van der Waals surface area (Å²) in [5.74, 6) is -0.0306. The van der Waals surface area contributed by atoms with Crippen LogP contribution in [0.15, 0.2) is 24.3 Å². The lowest BCUT2D eigenvalue weighted by atomic mass is 9.44. The van der Waals surface area contributed by atoms with Gasteiger partial charge in [-0.15, -0.1) is 0 Å². The summed E-state index contributed by atoms with van der Waals surface area (Å²) in [4.78, 5) is 50.4. The van der Waals surface area contributed by atoms with Crippen LogP contribution in [0.5, 0.6) is 5.75 Å². The predicted molar refractivity (Wildman–Crippen MR) is 150 cm³/mol. The Balaban J connectivity index is 1.43.